The van der Waals surface area contributed by atoms with Crippen molar-refractivity contribution in [3.63, 3.8) is 0 Å². The van der Waals surface area contributed by atoms with E-state index < -0.39 is 6.04 Å². The van der Waals surface area contributed by atoms with E-state index in [0.717, 1.165) is 55.9 Å². The standard InChI is InChI=1S/C18H22FN5O/c19-13-6-4-12(5-7-13)17(18(25)21-14-8-9-14)20-11-16-23-22-15-3-1-2-10-24(15)16/h4-7,14,17,20H,1-3,8-11H2,(H,21,25). The average Bonchev–Trinajstić information content (AvgIpc) is 3.34. The number of carbonyl (C=O) groups excluding carboxylic acids is 1. The maximum atomic E-state index is 13.2. The van der Waals surface area contributed by atoms with Crippen LogP contribution >= 0.6 is 0 Å². The van der Waals surface area contributed by atoms with Gasteiger partial charge in [0.15, 0.2) is 0 Å². The van der Waals surface area contributed by atoms with Crippen molar-refractivity contribution in [1.82, 2.24) is 25.4 Å². The number of nitrogens with zero attached hydrogens (tertiary/aromatic N) is 3. The zero-order valence-electron chi connectivity index (χ0n) is 14.0. The van der Waals surface area contributed by atoms with Gasteiger partial charge in [-0.05, 0) is 43.4 Å². The topological polar surface area (TPSA) is 71.8 Å². The maximum Gasteiger partial charge on any atom is 0.241 e. The number of hydrogen-bond donors (Lipinski definition) is 2. The second-order valence-corrected chi connectivity index (χ2v) is 6.79. The zero-order chi connectivity index (χ0) is 17.2. The van der Waals surface area contributed by atoms with E-state index in [1.807, 2.05) is 0 Å². The molecule has 1 aliphatic heterocycles. The van der Waals surface area contributed by atoms with Crippen molar-refractivity contribution in [2.24, 2.45) is 0 Å². The first-order valence-corrected chi connectivity index (χ1v) is 8.91. The Morgan fingerprint density at radius 1 is 1.24 bits per heavy atom. The van der Waals surface area contributed by atoms with Crippen LogP contribution in [0.1, 0.15) is 48.9 Å². The Balaban J connectivity index is 1.50. The van der Waals surface area contributed by atoms with Crippen LogP contribution < -0.4 is 10.6 Å². The van der Waals surface area contributed by atoms with Crippen molar-refractivity contribution in [2.45, 2.75) is 57.3 Å². The summed E-state index contributed by atoms with van der Waals surface area (Å²) >= 11 is 0. The number of fused-ring (bicyclic) bond motifs is 1. The first kappa shape index (κ1) is 16.2. The van der Waals surface area contributed by atoms with Crippen LogP contribution in [0.3, 0.4) is 0 Å². The van der Waals surface area contributed by atoms with Crippen molar-refractivity contribution in [3.05, 3.63) is 47.3 Å². The Labute approximate surface area is 145 Å². The zero-order valence-corrected chi connectivity index (χ0v) is 14.0. The van der Waals surface area contributed by atoms with E-state index in [4.69, 9.17) is 0 Å². The molecule has 0 spiro atoms. The molecule has 1 saturated carbocycles. The number of nitrogens with one attached hydrogen (secondary N) is 2. The second-order valence-electron chi connectivity index (χ2n) is 6.79. The molecule has 2 N–H and O–H groups in total. The molecule has 1 amide bonds. The third-order valence-corrected chi connectivity index (χ3v) is 4.79. The van der Waals surface area contributed by atoms with Crippen LogP contribution in [-0.4, -0.2) is 26.7 Å². The number of halogens is 1. The van der Waals surface area contributed by atoms with Crippen LogP contribution in [0, 0.1) is 5.82 Å². The summed E-state index contributed by atoms with van der Waals surface area (Å²) in [6, 6.07) is 5.81. The Morgan fingerprint density at radius 3 is 2.80 bits per heavy atom. The fourth-order valence-electron chi connectivity index (χ4n) is 3.22. The molecule has 2 aliphatic rings. The van der Waals surface area contributed by atoms with E-state index in [2.05, 4.69) is 25.4 Å². The minimum absolute atomic E-state index is 0.0764. The van der Waals surface area contributed by atoms with Gasteiger partial charge in [0.1, 0.15) is 23.5 Å². The number of hydrogen-bond acceptors (Lipinski definition) is 4. The summed E-state index contributed by atoms with van der Waals surface area (Å²) in [6.45, 7) is 1.38. The molecule has 0 radical (unpaired) electrons. The van der Waals surface area contributed by atoms with E-state index in [1.165, 1.54) is 12.1 Å². The molecule has 1 fully saturated rings. The van der Waals surface area contributed by atoms with Crippen molar-refractivity contribution in [3.8, 4) is 0 Å². The molecule has 1 unspecified atom stereocenters. The van der Waals surface area contributed by atoms with E-state index in [9.17, 15) is 9.18 Å². The lowest BCUT2D eigenvalue weighted by molar-refractivity contribution is -0.123. The molecule has 6 nitrogen and oxygen atoms in total. The third-order valence-electron chi connectivity index (χ3n) is 4.79. The van der Waals surface area contributed by atoms with E-state index in [1.54, 1.807) is 12.1 Å². The van der Waals surface area contributed by atoms with Crippen LogP contribution in [0.25, 0.3) is 0 Å². The average molecular weight is 343 g/mol. The van der Waals surface area contributed by atoms with Crippen LogP contribution in [0.4, 0.5) is 4.39 Å². The highest BCUT2D eigenvalue weighted by Gasteiger charge is 2.28. The van der Waals surface area contributed by atoms with Crippen molar-refractivity contribution < 1.29 is 9.18 Å². The lowest BCUT2D eigenvalue weighted by atomic mass is 10.1. The lowest BCUT2D eigenvalue weighted by Crippen LogP contribution is -2.38. The summed E-state index contributed by atoms with van der Waals surface area (Å²) in [5, 5.41) is 14.8. The first-order chi connectivity index (χ1) is 12.2. The van der Waals surface area contributed by atoms with Gasteiger partial charge in [0.2, 0.25) is 5.91 Å². The number of aromatic nitrogens is 3. The fraction of sp³-hybridized carbons (Fsp3) is 0.500. The summed E-state index contributed by atoms with van der Waals surface area (Å²) in [5.41, 5.74) is 0.748. The van der Waals surface area contributed by atoms with Gasteiger partial charge in [-0.15, -0.1) is 10.2 Å². The van der Waals surface area contributed by atoms with Crippen LogP contribution in [0.2, 0.25) is 0 Å². The van der Waals surface area contributed by atoms with Crippen molar-refractivity contribution >= 4 is 5.91 Å². The molecule has 1 aromatic carbocycles. The summed E-state index contributed by atoms with van der Waals surface area (Å²) < 4.78 is 15.4. The number of carbonyl (C=O) groups is 1. The fourth-order valence-corrected chi connectivity index (χ4v) is 3.22. The van der Waals surface area contributed by atoms with E-state index >= 15 is 0 Å². The van der Waals surface area contributed by atoms with Crippen LogP contribution in [0.5, 0.6) is 0 Å². The van der Waals surface area contributed by atoms with Gasteiger partial charge in [-0.25, -0.2) is 4.39 Å². The number of amides is 1. The van der Waals surface area contributed by atoms with E-state index in [-0.39, 0.29) is 17.8 Å². The number of rotatable bonds is 6. The molecule has 0 bridgehead atoms. The molecule has 132 valence electrons. The second kappa shape index (κ2) is 6.92. The maximum absolute atomic E-state index is 13.2. The molecule has 4 rings (SSSR count). The summed E-state index contributed by atoms with van der Waals surface area (Å²) in [7, 11) is 0. The third kappa shape index (κ3) is 3.71. The highest BCUT2D eigenvalue weighted by Crippen LogP contribution is 2.22. The number of aryl methyl sites for hydroxylation is 1. The molecule has 7 heteroatoms. The van der Waals surface area contributed by atoms with Gasteiger partial charge in [-0.1, -0.05) is 12.1 Å². The Bertz CT molecular complexity index is 753. The van der Waals surface area contributed by atoms with Crippen LogP contribution in [0.15, 0.2) is 24.3 Å². The molecule has 2 aromatic rings. The molecule has 1 aliphatic carbocycles. The Hall–Kier alpha value is -2.28. The Kier molecular flexibility index (Phi) is 4.48. The monoisotopic (exact) mass is 343 g/mol. The highest BCUT2D eigenvalue weighted by atomic mass is 19.1. The van der Waals surface area contributed by atoms with Gasteiger partial charge < -0.3 is 9.88 Å². The number of benzene rings is 1. The molecule has 25 heavy (non-hydrogen) atoms. The van der Waals surface area contributed by atoms with Crippen LogP contribution in [-0.2, 0) is 24.3 Å². The van der Waals surface area contributed by atoms with Gasteiger partial charge in [0, 0.05) is 19.0 Å². The SMILES string of the molecule is O=C(NC1CC1)C(NCc1nnc2n1CCCC2)c1ccc(F)cc1. The molecular weight excluding hydrogens is 321 g/mol. The summed E-state index contributed by atoms with van der Waals surface area (Å²) in [4.78, 5) is 12.6. The van der Waals surface area contributed by atoms with Gasteiger partial charge >= 0.3 is 0 Å². The summed E-state index contributed by atoms with van der Waals surface area (Å²) in [6.07, 6.45) is 5.28. The predicted molar refractivity (Wildman–Crippen MR) is 90.1 cm³/mol. The smallest absolute Gasteiger partial charge is 0.241 e. The molecule has 2 heterocycles. The molecular formula is C18H22FN5O. The van der Waals surface area contributed by atoms with Crippen molar-refractivity contribution in [1.29, 1.82) is 0 Å². The predicted octanol–water partition coefficient (Wildman–Crippen LogP) is 1.86. The largest absolute Gasteiger partial charge is 0.352 e. The normalized spacial score (nSPS) is 17.8. The highest BCUT2D eigenvalue weighted by molar-refractivity contribution is 5.83. The van der Waals surface area contributed by atoms with E-state index in [0.29, 0.717) is 6.54 Å². The lowest BCUT2D eigenvalue weighted by Gasteiger charge is -2.20. The first-order valence-electron chi connectivity index (χ1n) is 8.91. The Morgan fingerprint density at radius 2 is 2.04 bits per heavy atom. The van der Waals surface area contributed by atoms with Crippen molar-refractivity contribution in [2.75, 3.05) is 0 Å². The molecule has 0 saturated heterocycles. The summed E-state index contributed by atoms with van der Waals surface area (Å²) in [5.74, 6) is 1.48. The minimum atomic E-state index is -0.530. The molecule has 1 aromatic heterocycles. The molecule has 1 atom stereocenters. The van der Waals surface area contributed by atoms with Gasteiger partial charge in [0.25, 0.3) is 0 Å². The van der Waals surface area contributed by atoms with Gasteiger partial charge in [-0.3, -0.25) is 10.1 Å². The van der Waals surface area contributed by atoms with Gasteiger partial charge in [-0.2, -0.15) is 0 Å². The quantitative estimate of drug-likeness (QED) is 0.840. The van der Waals surface area contributed by atoms with Gasteiger partial charge in [0.05, 0.1) is 6.54 Å². The minimum Gasteiger partial charge on any atom is -0.352 e.